The molecule has 8 nitrogen and oxygen atoms in total. The van der Waals surface area contributed by atoms with Crippen molar-refractivity contribution in [1.29, 1.82) is 0 Å². The summed E-state index contributed by atoms with van der Waals surface area (Å²) in [5.74, 6) is -1.06. The summed E-state index contributed by atoms with van der Waals surface area (Å²) in [5.41, 5.74) is 0.976. The second-order valence-electron chi connectivity index (χ2n) is 7.02. The second-order valence-corrected chi connectivity index (χ2v) is 8.32. The van der Waals surface area contributed by atoms with E-state index in [0.29, 0.717) is 18.6 Å². The maximum Gasteiger partial charge on any atom is 0.330 e. The number of imide groups is 1. The van der Waals surface area contributed by atoms with Crippen LogP contribution in [0, 0.1) is 0 Å². The van der Waals surface area contributed by atoms with Crippen LogP contribution in [0.15, 0.2) is 30.3 Å². The van der Waals surface area contributed by atoms with Gasteiger partial charge in [-0.3, -0.25) is 14.9 Å². The molecule has 0 aromatic heterocycles. The molecule has 2 atom stereocenters. The van der Waals surface area contributed by atoms with E-state index in [1.165, 1.54) is 0 Å². The van der Waals surface area contributed by atoms with Gasteiger partial charge >= 0.3 is 12.0 Å². The van der Waals surface area contributed by atoms with Gasteiger partial charge in [-0.05, 0) is 25.8 Å². The minimum Gasteiger partial charge on any atom is -0.454 e. The first kappa shape index (κ1) is 20.2. The molecule has 9 heteroatoms. The molecule has 1 aromatic carbocycles. The molecule has 2 aliphatic rings. The summed E-state index contributed by atoms with van der Waals surface area (Å²) in [6.45, 7) is 2.94. The number of urea groups is 1. The maximum atomic E-state index is 12.6. The minimum absolute atomic E-state index is 0.100. The molecule has 2 saturated heterocycles. The Labute approximate surface area is 167 Å². The van der Waals surface area contributed by atoms with Gasteiger partial charge in [-0.15, -0.1) is 11.8 Å². The van der Waals surface area contributed by atoms with Crippen LogP contribution in [0.1, 0.15) is 32.3 Å². The van der Waals surface area contributed by atoms with Crippen LogP contribution < -0.4 is 10.6 Å². The highest BCUT2D eigenvalue weighted by molar-refractivity contribution is 8.00. The van der Waals surface area contributed by atoms with Crippen molar-refractivity contribution in [3.8, 4) is 0 Å². The standard InChI is InChI=1S/C19H23N3O5S/c1-12(2)20-18(26)21-15(23)10-27-17(25)14-11-28-19(9-8-16(24)22(14)19)13-6-4-3-5-7-13/h3-7,12,14H,8-11H2,1-2H3,(H2,20,21,23,26)/t14-,19-/m1/s1. The van der Waals surface area contributed by atoms with Crippen molar-refractivity contribution in [2.45, 2.75) is 43.6 Å². The van der Waals surface area contributed by atoms with Crippen LogP contribution in [0.4, 0.5) is 4.79 Å². The van der Waals surface area contributed by atoms with Gasteiger partial charge in [0.25, 0.3) is 5.91 Å². The molecule has 0 unspecified atom stereocenters. The Morgan fingerprint density at radius 3 is 2.68 bits per heavy atom. The third-order valence-electron chi connectivity index (χ3n) is 4.64. The summed E-state index contributed by atoms with van der Waals surface area (Å²) >= 11 is 1.55. The highest BCUT2D eigenvalue weighted by Gasteiger charge is 2.57. The average Bonchev–Trinajstić information content (AvgIpc) is 3.19. The van der Waals surface area contributed by atoms with Crippen LogP contribution in [0.3, 0.4) is 0 Å². The molecule has 0 bridgehead atoms. The molecule has 2 fully saturated rings. The Balaban J connectivity index is 1.63. The number of amides is 4. The lowest BCUT2D eigenvalue weighted by atomic mass is 10.0. The van der Waals surface area contributed by atoms with Crippen molar-refractivity contribution in [2.24, 2.45) is 0 Å². The van der Waals surface area contributed by atoms with E-state index in [2.05, 4.69) is 10.6 Å². The summed E-state index contributed by atoms with van der Waals surface area (Å²) in [6, 6.07) is 8.09. The monoisotopic (exact) mass is 405 g/mol. The zero-order valence-corrected chi connectivity index (χ0v) is 16.6. The molecule has 0 saturated carbocycles. The Bertz CT molecular complexity index is 785. The Morgan fingerprint density at radius 1 is 1.29 bits per heavy atom. The van der Waals surface area contributed by atoms with Crippen molar-refractivity contribution in [3.05, 3.63) is 35.9 Å². The van der Waals surface area contributed by atoms with E-state index >= 15 is 0 Å². The lowest BCUT2D eigenvalue weighted by Crippen LogP contribution is -2.48. The minimum atomic E-state index is -0.752. The quantitative estimate of drug-likeness (QED) is 0.717. The fourth-order valence-corrected chi connectivity index (χ4v) is 5.15. The van der Waals surface area contributed by atoms with Gasteiger partial charge in [-0.25, -0.2) is 9.59 Å². The summed E-state index contributed by atoms with van der Waals surface area (Å²) < 4.78 is 5.09. The number of hydrogen-bond acceptors (Lipinski definition) is 6. The zero-order valence-electron chi connectivity index (χ0n) is 15.8. The van der Waals surface area contributed by atoms with Crippen molar-refractivity contribution < 1.29 is 23.9 Å². The van der Waals surface area contributed by atoms with Crippen LogP contribution in [0.5, 0.6) is 0 Å². The zero-order chi connectivity index (χ0) is 20.3. The molecular formula is C19H23N3O5S. The molecule has 3 rings (SSSR count). The Morgan fingerprint density at radius 2 is 2.00 bits per heavy atom. The van der Waals surface area contributed by atoms with Gasteiger partial charge in [-0.2, -0.15) is 0 Å². The average molecular weight is 405 g/mol. The summed E-state index contributed by atoms with van der Waals surface area (Å²) in [4.78, 5) is 49.4. The molecule has 2 N–H and O–H groups in total. The normalized spacial score (nSPS) is 23.5. The predicted molar refractivity (Wildman–Crippen MR) is 103 cm³/mol. The largest absolute Gasteiger partial charge is 0.454 e. The van der Waals surface area contributed by atoms with Crippen molar-refractivity contribution in [2.75, 3.05) is 12.4 Å². The topological polar surface area (TPSA) is 105 Å². The lowest BCUT2D eigenvalue weighted by Gasteiger charge is -2.33. The van der Waals surface area contributed by atoms with Crippen molar-refractivity contribution in [3.63, 3.8) is 0 Å². The summed E-state index contributed by atoms with van der Waals surface area (Å²) in [6.07, 6.45) is 0.988. The van der Waals surface area contributed by atoms with E-state index in [9.17, 15) is 19.2 Å². The van der Waals surface area contributed by atoms with Gasteiger partial charge in [0.15, 0.2) is 6.61 Å². The number of ether oxygens (including phenoxy) is 1. The van der Waals surface area contributed by atoms with Gasteiger partial charge in [0, 0.05) is 18.2 Å². The number of esters is 1. The first-order valence-electron chi connectivity index (χ1n) is 9.12. The molecule has 150 valence electrons. The molecular weight excluding hydrogens is 382 g/mol. The third-order valence-corrected chi connectivity index (χ3v) is 6.24. The van der Waals surface area contributed by atoms with Crippen LogP contribution in [0.25, 0.3) is 0 Å². The van der Waals surface area contributed by atoms with Crippen molar-refractivity contribution >= 4 is 35.6 Å². The maximum absolute atomic E-state index is 12.6. The molecule has 0 radical (unpaired) electrons. The molecule has 2 heterocycles. The predicted octanol–water partition coefficient (Wildman–Crippen LogP) is 1.35. The smallest absolute Gasteiger partial charge is 0.330 e. The molecule has 1 aromatic rings. The number of nitrogens with zero attached hydrogens (tertiary/aromatic N) is 1. The van der Waals surface area contributed by atoms with Gasteiger partial charge in [0.1, 0.15) is 10.9 Å². The number of hydrogen-bond donors (Lipinski definition) is 2. The van der Waals surface area contributed by atoms with E-state index in [1.54, 1.807) is 30.5 Å². The number of nitrogens with one attached hydrogen (secondary N) is 2. The third kappa shape index (κ3) is 3.99. The summed E-state index contributed by atoms with van der Waals surface area (Å²) in [7, 11) is 0. The van der Waals surface area contributed by atoms with Crippen LogP contribution in [-0.4, -0.2) is 53.2 Å². The highest BCUT2D eigenvalue weighted by Crippen LogP contribution is 2.54. The van der Waals surface area contributed by atoms with Crippen LogP contribution in [-0.2, 0) is 24.0 Å². The van der Waals surface area contributed by atoms with Crippen LogP contribution >= 0.6 is 11.8 Å². The van der Waals surface area contributed by atoms with Gasteiger partial charge in [0.2, 0.25) is 5.91 Å². The van der Waals surface area contributed by atoms with E-state index in [-0.39, 0.29) is 11.9 Å². The van der Waals surface area contributed by atoms with E-state index in [4.69, 9.17) is 4.74 Å². The number of fused-ring (bicyclic) bond motifs is 1. The number of benzene rings is 1. The number of carbonyl (C=O) groups is 4. The first-order chi connectivity index (χ1) is 13.3. The number of carbonyl (C=O) groups excluding carboxylic acids is 4. The van der Waals surface area contributed by atoms with E-state index < -0.39 is 35.4 Å². The molecule has 0 spiro atoms. The molecule has 28 heavy (non-hydrogen) atoms. The fourth-order valence-electron chi connectivity index (χ4n) is 3.51. The van der Waals surface area contributed by atoms with Crippen LogP contribution in [0.2, 0.25) is 0 Å². The van der Waals surface area contributed by atoms with Gasteiger partial charge < -0.3 is 15.0 Å². The Kier molecular flexibility index (Phi) is 5.93. The van der Waals surface area contributed by atoms with Crippen molar-refractivity contribution in [1.82, 2.24) is 15.5 Å². The van der Waals surface area contributed by atoms with Gasteiger partial charge in [0.05, 0.1) is 0 Å². The lowest BCUT2D eigenvalue weighted by molar-refractivity contribution is -0.156. The molecule has 2 aliphatic heterocycles. The molecule has 4 amide bonds. The Hall–Kier alpha value is -2.55. The van der Waals surface area contributed by atoms with E-state index in [1.807, 2.05) is 30.3 Å². The fraction of sp³-hybridized carbons (Fsp3) is 0.474. The van der Waals surface area contributed by atoms with E-state index in [0.717, 1.165) is 5.56 Å². The summed E-state index contributed by atoms with van der Waals surface area (Å²) in [5, 5.41) is 4.60. The number of rotatable bonds is 5. The first-order valence-corrected chi connectivity index (χ1v) is 10.1. The molecule has 0 aliphatic carbocycles. The number of thioether (sulfide) groups is 1. The highest BCUT2D eigenvalue weighted by atomic mass is 32.2. The second kappa shape index (κ2) is 8.22. The van der Waals surface area contributed by atoms with Gasteiger partial charge in [-0.1, -0.05) is 30.3 Å². The SMILES string of the molecule is CC(C)NC(=O)NC(=O)COC(=O)[C@H]1CS[C@@]2(c3ccccc3)CCC(=O)N12.